The number of anilines is 2. The highest BCUT2D eigenvalue weighted by Crippen LogP contribution is 2.38. The van der Waals surface area contributed by atoms with E-state index in [1.807, 2.05) is 6.07 Å². The van der Waals surface area contributed by atoms with Crippen LogP contribution in [0.2, 0.25) is 0 Å². The van der Waals surface area contributed by atoms with Gasteiger partial charge in [-0.05, 0) is 32.8 Å². The number of aliphatic hydroxyl groups excluding tert-OH is 1. The Kier molecular flexibility index (Phi) is 4.67. The Hall–Kier alpha value is -2.35. The van der Waals surface area contributed by atoms with Gasteiger partial charge in [-0.15, -0.1) is 0 Å². The average Bonchev–Trinajstić information content (AvgIpc) is 3.47. The van der Waals surface area contributed by atoms with E-state index in [4.69, 9.17) is 10.1 Å². The zero-order valence-electron chi connectivity index (χ0n) is 15.3. The fourth-order valence-electron chi connectivity index (χ4n) is 3.68. The van der Waals surface area contributed by atoms with Crippen LogP contribution < -0.4 is 9.80 Å². The first-order valence-corrected chi connectivity index (χ1v) is 9.30. The molecular weight excluding hydrogens is 330 g/mol. The van der Waals surface area contributed by atoms with Crippen LogP contribution in [-0.4, -0.2) is 61.8 Å². The molecule has 1 N–H and O–H groups in total. The summed E-state index contributed by atoms with van der Waals surface area (Å²) in [5.41, 5.74) is 0. The fourth-order valence-corrected chi connectivity index (χ4v) is 3.68. The molecule has 0 bridgehead atoms. The smallest absolute Gasteiger partial charge is 0.228 e. The Balaban J connectivity index is 1.52. The van der Waals surface area contributed by atoms with Crippen LogP contribution in [0.25, 0.3) is 0 Å². The first-order valence-electron chi connectivity index (χ1n) is 9.30. The summed E-state index contributed by atoms with van der Waals surface area (Å²) in [4.78, 5) is 26.9. The summed E-state index contributed by atoms with van der Waals surface area (Å²) in [6.45, 7) is 6.11. The predicted octanol–water partition coefficient (Wildman–Crippen LogP) is 1.18. The van der Waals surface area contributed by atoms with Crippen molar-refractivity contribution in [2.45, 2.75) is 51.1 Å². The van der Waals surface area contributed by atoms with Gasteiger partial charge in [-0.2, -0.15) is 4.98 Å². The van der Waals surface area contributed by atoms with Crippen molar-refractivity contribution in [2.24, 2.45) is 0 Å². The maximum atomic E-state index is 9.13. The van der Waals surface area contributed by atoms with Crippen molar-refractivity contribution in [3.8, 4) is 0 Å². The lowest BCUT2D eigenvalue weighted by Gasteiger charge is -2.45. The summed E-state index contributed by atoms with van der Waals surface area (Å²) in [7, 11) is 0. The van der Waals surface area contributed by atoms with Gasteiger partial charge in [0.15, 0.2) is 0 Å². The summed E-state index contributed by atoms with van der Waals surface area (Å²) in [5, 5.41) is 9.13. The number of nitrogens with zero attached hydrogens (tertiary/aromatic N) is 7. The maximum absolute atomic E-state index is 9.13. The molecule has 2 aromatic rings. The summed E-state index contributed by atoms with van der Waals surface area (Å²) in [6, 6.07) is 2.46. The van der Waals surface area contributed by atoms with Gasteiger partial charge in [0, 0.05) is 43.7 Å². The van der Waals surface area contributed by atoms with Crippen molar-refractivity contribution in [1.82, 2.24) is 24.9 Å². The number of hydrogen-bond donors (Lipinski definition) is 1. The predicted molar refractivity (Wildman–Crippen MR) is 98.2 cm³/mol. The van der Waals surface area contributed by atoms with E-state index in [1.165, 1.54) is 12.8 Å². The molecule has 2 atom stereocenters. The van der Waals surface area contributed by atoms with Gasteiger partial charge < -0.3 is 14.9 Å². The fraction of sp³-hybridized carbons (Fsp3) is 0.611. The Morgan fingerprint density at radius 3 is 2.54 bits per heavy atom. The van der Waals surface area contributed by atoms with Crippen LogP contribution in [0, 0.1) is 0 Å². The van der Waals surface area contributed by atoms with Gasteiger partial charge in [-0.3, -0.25) is 0 Å². The summed E-state index contributed by atoms with van der Waals surface area (Å²) < 4.78 is 0. The molecular formula is C18H25N7O. The minimum absolute atomic E-state index is 0.0606. The second-order valence-electron chi connectivity index (χ2n) is 7.23. The number of hydrogen-bond acceptors (Lipinski definition) is 8. The van der Waals surface area contributed by atoms with Gasteiger partial charge >= 0.3 is 0 Å². The van der Waals surface area contributed by atoms with Gasteiger partial charge in [0.1, 0.15) is 23.8 Å². The van der Waals surface area contributed by atoms with Crippen LogP contribution in [0.3, 0.4) is 0 Å². The highest BCUT2D eigenvalue weighted by Gasteiger charge is 2.33. The van der Waals surface area contributed by atoms with Crippen molar-refractivity contribution in [2.75, 3.05) is 29.5 Å². The molecule has 0 unspecified atom stereocenters. The Morgan fingerprint density at radius 1 is 1.08 bits per heavy atom. The van der Waals surface area contributed by atoms with E-state index < -0.39 is 0 Å². The second-order valence-corrected chi connectivity index (χ2v) is 7.23. The molecule has 0 radical (unpaired) electrons. The number of rotatable bonds is 5. The molecule has 1 saturated carbocycles. The van der Waals surface area contributed by atoms with Crippen molar-refractivity contribution in [3.63, 3.8) is 0 Å². The van der Waals surface area contributed by atoms with Crippen LogP contribution in [0.4, 0.5) is 11.8 Å². The minimum Gasteiger partial charge on any atom is -0.396 e. The lowest BCUT2D eigenvalue weighted by molar-refractivity contribution is 0.296. The standard InChI is InChI=1S/C18H25N7O/c1-12-9-24(18-21-11-20-17(23-18)14-3-4-14)10-13(2)25(12)16-5-7-19-15(22-16)6-8-26/h5,7,11-14,26H,3-4,6,8-10H2,1-2H3/t12-,13+. The molecule has 2 aliphatic rings. The van der Waals surface area contributed by atoms with Crippen molar-refractivity contribution < 1.29 is 5.11 Å². The van der Waals surface area contributed by atoms with Crippen LogP contribution in [0.5, 0.6) is 0 Å². The lowest BCUT2D eigenvalue weighted by Crippen LogP contribution is -2.57. The molecule has 8 nitrogen and oxygen atoms in total. The Labute approximate surface area is 153 Å². The molecule has 0 aromatic carbocycles. The molecule has 2 aromatic heterocycles. The van der Waals surface area contributed by atoms with E-state index in [0.717, 1.165) is 30.7 Å². The van der Waals surface area contributed by atoms with Crippen LogP contribution >= 0.6 is 0 Å². The molecule has 1 saturated heterocycles. The third kappa shape index (κ3) is 3.46. The first-order chi connectivity index (χ1) is 12.7. The second kappa shape index (κ2) is 7.11. The first kappa shape index (κ1) is 17.1. The number of aromatic nitrogens is 5. The van der Waals surface area contributed by atoms with Crippen molar-refractivity contribution >= 4 is 11.8 Å². The molecule has 26 heavy (non-hydrogen) atoms. The molecule has 3 heterocycles. The van der Waals surface area contributed by atoms with Gasteiger partial charge in [-0.1, -0.05) is 0 Å². The zero-order chi connectivity index (χ0) is 18.1. The summed E-state index contributed by atoms with van der Waals surface area (Å²) in [6.07, 6.45) is 6.27. The Morgan fingerprint density at radius 2 is 1.85 bits per heavy atom. The summed E-state index contributed by atoms with van der Waals surface area (Å²) >= 11 is 0. The van der Waals surface area contributed by atoms with Crippen molar-refractivity contribution in [3.05, 3.63) is 30.2 Å². The maximum Gasteiger partial charge on any atom is 0.228 e. The normalized spacial score (nSPS) is 23.3. The van der Waals surface area contributed by atoms with Gasteiger partial charge in [0.05, 0.1) is 6.61 Å². The third-order valence-corrected chi connectivity index (χ3v) is 5.01. The van der Waals surface area contributed by atoms with E-state index in [2.05, 4.69) is 43.6 Å². The monoisotopic (exact) mass is 355 g/mol. The van der Waals surface area contributed by atoms with Gasteiger partial charge in [0.2, 0.25) is 5.95 Å². The van der Waals surface area contributed by atoms with Crippen LogP contribution in [-0.2, 0) is 6.42 Å². The summed E-state index contributed by atoms with van der Waals surface area (Å²) in [5.74, 6) is 3.83. The molecule has 0 amide bonds. The largest absolute Gasteiger partial charge is 0.396 e. The minimum atomic E-state index is 0.0606. The Bertz CT molecular complexity index is 755. The highest BCUT2D eigenvalue weighted by atomic mass is 16.3. The lowest BCUT2D eigenvalue weighted by atomic mass is 10.1. The van der Waals surface area contributed by atoms with Crippen molar-refractivity contribution in [1.29, 1.82) is 0 Å². The number of aliphatic hydroxyl groups is 1. The molecule has 1 aliphatic carbocycles. The average molecular weight is 355 g/mol. The third-order valence-electron chi connectivity index (χ3n) is 5.01. The van der Waals surface area contributed by atoms with E-state index in [9.17, 15) is 0 Å². The zero-order valence-corrected chi connectivity index (χ0v) is 15.3. The molecule has 8 heteroatoms. The SMILES string of the molecule is C[C@@H]1CN(c2ncnc(C3CC3)n2)C[C@H](C)N1c1ccnc(CCO)n1. The van der Waals surface area contributed by atoms with E-state index in [1.54, 1.807) is 12.5 Å². The molecule has 1 aliphatic heterocycles. The van der Waals surface area contributed by atoms with Crippen LogP contribution in [0.1, 0.15) is 44.3 Å². The van der Waals surface area contributed by atoms with E-state index in [0.29, 0.717) is 18.2 Å². The highest BCUT2D eigenvalue weighted by molar-refractivity contribution is 5.45. The molecule has 138 valence electrons. The van der Waals surface area contributed by atoms with Gasteiger partial charge in [-0.25, -0.2) is 19.9 Å². The van der Waals surface area contributed by atoms with E-state index >= 15 is 0 Å². The van der Waals surface area contributed by atoms with E-state index in [-0.39, 0.29) is 18.7 Å². The molecule has 0 spiro atoms. The quantitative estimate of drug-likeness (QED) is 0.855. The molecule has 2 fully saturated rings. The molecule has 4 rings (SSSR count). The van der Waals surface area contributed by atoms with Gasteiger partial charge in [0.25, 0.3) is 0 Å². The number of piperazine rings is 1. The van der Waals surface area contributed by atoms with Crippen LogP contribution in [0.15, 0.2) is 18.6 Å². The topological polar surface area (TPSA) is 91.2 Å².